The number of H-pyrrole nitrogens is 1. The van der Waals surface area contributed by atoms with E-state index in [4.69, 9.17) is 4.74 Å². The van der Waals surface area contributed by atoms with Gasteiger partial charge in [0, 0.05) is 18.8 Å². The molecule has 3 aromatic heterocycles. The predicted octanol–water partition coefficient (Wildman–Crippen LogP) is 5.01. The molecule has 1 aliphatic rings. The van der Waals surface area contributed by atoms with Crippen molar-refractivity contribution in [1.29, 1.82) is 0 Å². The number of hydrogen-bond donors (Lipinski definition) is 2. The summed E-state index contributed by atoms with van der Waals surface area (Å²) in [5.41, 5.74) is -3.50. The van der Waals surface area contributed by atoms with E-state index < -0.39 is 47.4 Å². The van der Waals surface area contributed by atoms with Crippen molar-refractivity contribution in [2.24, 2.45) is 5.92 Å². The second-order valence-electron chi connectivity index (χ2n) is 10.00. The molecule has 0 bridgehead atoms. The van der Waals surface area contributed by atoms with Gasteiger partial charge in [-0.2, -0.15) is 18.3 Å². The molecule has 0 aliphatic heterocycles. The van der Waals surface area contributed by atoms with Crippen molar-refractivity contribution in [3.8, 4) is 17.1 Å². The highest BCUT2D eigenvalue weighted by Crippen LogP contribution is 2.34. The van der Waals surface area contributed by atoms with E-state index in [1.54, 1.807) is 12.3 Å². The number of ether oxygens (including phenoxy) is 1. The van der Waals surface area contributed by atoms with Crippen molar-refractivity contribution in [1.82, 2.24) is 24.7 Å². The lowest BCUT2D eigenvalue weighted by Crippen LogP contribution is -2.33. The molecule has 0 unspecified atom stereocenters. The summed E-state index contributed by atoms with van der Waals surface area (Å²) in [5, 5.41) is 8.65. The van der Waals surface area contributed by atoms with Gasteiger partial charge < -0.3 is 14.6 Å². The van der Waals surface area contributed by atoms with Crippen molar-refractivity contribution < 1.29 is 31.1 Å². The zero-order chi connectivity index (χ0) is 30.0. The molecule has 3 heterocycles. The molecule has 1 saturated carbocycles. The Morgan fingerprint density at radius 2 is 1.88 bits per heavy atom. The van der Waals surface area contributed by atoms with Crippen LogP contribution in [0.1, 0.15) is 31.2 Å². The summed E-state index contributed by atoms with van der Waals surface area (Å²) in [6, 6.07) is 3.75. The molecule has 0 radical (unpaired) electrons. The van der Waals surface area contributed by atoms with Crippen LogP contribution in [0.3, 0.4) is 0 Å². The molecule has 4 aromatic rings. The first kappa shape index (κ1) is 29.1. The molecule has 0 spiro atoms. The summed E-state index contributed by atoms with van der Waals surface area (Å²) in [6.45, 7) is -0.568. The fourth-order valence-corrected chi connectivity index (χ4v) is 5.19. The maximum absolute atomic E-state index is 15.1. The van der Waals surface area contributed by atoms with Gasteiger partial charge in [0.25, 0.3) is 17.5 Å². The van der Waals surface area contributed by atoms with Gasteiger partial charge in [0.1, 0.15) is 18.0 Å². The number of aromatic amines is 1. The number of nitrogens with one attached hydrogen (secondary N) is 2. The van der Waals surface area contributed by atoms with Crippen LogP contribution in [-0.2, 0) is 12.7 Å². The predicted molar refractivity (Wildman–Crippen MR) is 140 cm³/mol. The highest BCUT2D eigenvalue weighted by atomic mass is 19.4. The van der Waals surface area contributed by atoms with Gasteiger partial charge in [0.2, 0.25) is 0 Å². The van der Waals surface area contributed by atoms with Gasteiger partial charge in [-0.25, -0.2) is 28.2 Å². The molecule has 9 nitrogen and oxygen atoms in total. The summed E-state index contributed by atoms with van der Waals surface area (Å²) in [7, 11) is 0. The van der Waals surface area contributed by atoms with Crippen molar-refractivity contribution in [2.75, 3.05) is 11.9 Å². The van der Waals surface area contributed by atoms with E-state index in [1.807, 2.05) is 5.10 Å². The van der Waals surface area contributed by atoms with Crippen LogP contribution in [0, 0.1) is 11.7 Å². The second-order valence-corrected chi connectivity index (χ2v) is 10.00. The van der Waals surface area contributed by atoms with E-state index in [1.165, 1.54) is 10.6 Å². The van der Waals surface area contributed by atoms with Crippen LogP contribution in [0.15, 0.2) is 52.6 Å². The monoisotopic (exact) mass is 594 g/mol. The Hall–Kier alpha value is -4.43. The van der Waals surface area contributed by atoms with Gasteiger partial charge in [-0.1, -0.05) is 6.42 Å². The molecular formula is C27H24F6N6O3. The molecule has 1 aromatic carbocycles. The van der Waals surface area contributed by atoms with Gasteiger partial charge in [-0.3, -0.25) is 9.59 Å². The Morgan fingerprint density at radius 3 is 2.60 bits per heavy atom. The van der Waals surface area contributed by atoms with E-state index in [9.17, 15) is 31.5 Å². The van der Waals surface area contributed by atoms with Crippen LogP contribution in [0.25, 0.3) is 22.2 Å². The summed E-state index contributed by atoms with van der Waals surface area (Å²) in [4.78, 5) is 33.0. The zero-order valence-electron chi connectivity index (χ0n) is 21.8. The van der Waals surface area contributed by atoms with E-state index in [0.717, 1.165) is 31.1 Å². The SMILES string of the molecule is O=c1[nH]ncc(N[C@H]2CCC[C@@H](Cn3ccc4cc(-c5ncc(OCC(F)F)cn5)c(F)cc4c3=O)C2)c1C(F)(F)F. The quantitative estimate of drug-likeness (QED) is 0.276. The van der Waals surface area contributed by atoms with Crippen LogP contribution in [0.2, 0.25) is 0 Å². The fraction of sp³-hybridized carbons (Fsp3) is 0.370. The average Bonchev–Trinajstić information content (AvgIpc) is 2.93. The molecular weight excluding hydrogens is 570 g/mol. The smallest absolute Gasteiger partial charge is 0.423 e. The normalized spacial score (nSPS) is 17.5. The van der Waals surface area contributed by atoms with Crippen LogP contribution in [0.5, 0.6) is 5.75 Å². The minimum absolute atomic E-state index is 0.00169. The van der Waals surface area contributed by atoms with Crippen LogP contribution < -0.4 is 21.2 Å². The Labute approximate surface area is 233 Å². The standard InChI is InChI=1S/C27H24F6N6O3/c28-20-8-18-15(7-19(20)24-34-9-17(10-35-24)42-13-22(29)30)4-5-39(26(18)41)12-14-2-1-3-16(6-14)37-21-11-36-38-25(40)23(21)27(31,32)33/h4-5,7-11,14,16,22H,1-3,6,12-13H2,(H2,37,38,40)/t14-,16+/m1/s1. The Bertz CT molecular complexity index is 1690. The minimum Gasteiger partial charge on any atom is -0.484 e. The topological polar surface area (TPSA) is 115 Å². The third-order valence-electron chi connectivity index (χ3n) is 7.05. The molecule has 1 fully saturated rings. The average molecular weight is 595 g/mol. The Morgan fingerprint density at radius 1 is 1.12 bits per heavy atom. The highest BCUT2D eigenvalue weighted by Gasteiger charge is 2.38. The third-order valence-corrected chi connectivity index (χ3v) is 7.05. The largest absolute Gasteiger partial charge is 0.484 e. The maximum atomic E-state index is 15.1. The fourth-order valence-electron chi connectivity index (χ4n) is 5.19. The molecule has 2 atom stereocenters. The first-order valence-corrected chi connectivity index (χ1v) is 13.0. The third kappa shape index (κ3) is 6.39. The second kappa shape index (κ2) is 11.8. The lowest BCUT2D eigenvalue weighted by atomic mass is 9.85. The Balaban J connectivity index is 1.32. The van der Waals surface area contributed by atoms with Gasteiger partial charge in [-0.05, 0) is 48.8 Å². The molecule has 222 valence electrons. The van der Waals surface area contributed by atoms with Gasteiger partial charge in [0.15, 0.2) is 11.6 Å². The van der Waals surface area contributed by atoms with E-state index >= 15 is 4.39 Å². The molecule has 0 amide bonds. The first-order valence-electron chi connectivity index (χ1n) is 13.0. The minimum atomic E-state index is -4.86. The molecule has 5 rings (SSSR count). The summed E-state index contributed by atoms with van der Waals surface area (Å²) >= 11 is 0. The lowest BCUT2D eigenvalue weighted by molar-refractivity contribution is -0.138. The van der Waals surface area contributed by atoms with E-state index in [-0.39, 0.29) is 41.0 Å². The van der Waals surface area contributed by atoms with Gasteiger partial charge in [0.05, 0.1) is 35.2 Å². The van der Waals surface area contributed by atoms with E-state index in [2.05, 4.69) is 20.4 Å². The number of anilines is 1. The van der Waals surface area contributed by atoms with Crippen molar-refractivity contribution in [3.63, 3.8) is 0 Å². The van der Waals surface area contributed by atoms with Gasteiger partial charge >= 0.3 is 6.18 Å². The van der Waals surface area contributed by atoms with Crippen LogP contribution >= 0.6 is 0 Å². The number of aromatic nitrogens is 5. The number of pyridine rings is 1. The summed E-state index contributed by atoms with van der Waals surface area (Å²) in [6.07, 6.45) is -0.313. The number of halogens is 6. The molecule has 42 heavy (non-hydrogen) atoms. The Kier molecular flexibility index (Phi) is 8.18. The summed E-state index contributed by atoms with van der Waals surface area (Å²) in [5.74, 6) is -0.849. The number of benzene rings is 1. The molecule has 1 aliphatic carbocycles. The number of rotatable bonds is 8. The van der Waals surface area contributed by atoms with E-state index in [0.29, 0.717) is 24.6 Å². The number of nitrogens with zero attached hydrogens (tertiary/aromatic N) is 4. The lowest BCUT2D eigenvalue weighted by Gasteiger charge is -2.31. The van der Waals surface area contributed by atoms with Crippen molar-refractivity contribution >= 4 is 16.5 Å². The molecule has 2 N–H and O–H groups in total. The van der Waals surface area contributed by atoms with Crippen LogP contribution in [0.4, 0.5) is 32.0 Å². The zero-order valence-corrected chi connectivity index (χ0v) is 21.8. The van der Waals surface area contributed by atoms with Crippen molar-refractivity contribution in [2.45, 2.75) is 50.9 Å². The number of alkyl halides is 5. The highest BCUT2D eigenvalue weighted by molar-refractivity contribution is 5.86. The molecule has 15 heteroatoms. The number of fused-ring (bicyclic) bond motifs is 1. The summed E-state index contributed by atoms with van der Waals surface area (Å²) < 4.78 is 86.3. The first-order chi connectivity index (χ1) is 20.0. The number of hydrogen-bond acceptors (Lipinski definition) is 7. The maximum Gasteiger partial charge on any atom is 0.423 e. The molecule has 0 saturated heterocycles. The van der Waals surface area contributed by atoms with Crippen LogP contribution in [-0.4, -0.2) is 43.8 Å². The van der Waals surface area contributed by atoms with Crippen molar-refractivity contribution in [3.05, 3.63) is 75.1 Å². The van der Waals surface area contributed by atoms with Gasteiger partial charge in [-0.15, -0.1) is 0 Å².